The van der Waals surface area contributed by atoms with Crippen molar-refractivity contribution in [2.24, 2.45) is 0 Å². The number of carboxylic acids is 1. The van der Waals surface area contributed by atoms with Crippen molar-refractivity contribution in [3.05, 3.63) is 122 Å². The van der Waals surface area contributed by atoms with Crippen molar-refractivity contribution in [3.8, 4) is 0 Å². The Balaban J connectivity index is 0.000000223. The molecule has 0 saturated carbocycles. The summed E-state index contributed by atoms with van der Waals surface area (Å²) in [5.41, 5.74) is 3.12. The predicted molar refractivity (Wildman–Crippen MR) is 229 cm³/mol. The SMILES string of the molecule is COC(=O)CCCCBr.COC(=O)CCCCn1ccc2cc([N+](=O)[O-])ccc21.O=C(O)CCCCn1ccc2cc([N+](=O)[O-])ccc21.O=[N+]([O-])c1ccc2[nH]ccc2c1. The number of benzene rings is 3. The first kappa shape index (κ1) is 47.7. The summed E-state index contributed by atoms with van der Waals surface area (Å²) in [7, 11) is 2.80. The number of nitrogens with one attached hydrogen (secondary N) is 1. The number of alkyl halides is 1. The van der Waals surface area contributed by atoms with E-state index in [-0.39, 0.29) is 35.4 Å². The van der Waals surface area contributed by atoms with Crippen molar-refractivity contribution in [1.82, 2.24) is 14.1 Å². The molecule has 6 rings (SSSR count). The number of H-pyrrole nitrogens is 1. The summed E-state index contributed by atoms with van der Waals surface area (Å²) in [6, 6.07) is 19.8. The van der Waals surface area contributed by atoms with Crippen LogP contribution < -0.4 is 0 Å². The van der Waals surface area contributed by atoms with Gasteiger partial charge in [-0.15, -0.1) is 0 Å². The number of nitrogens with zero attached hydrogens (tertiary/aromatic N) is 5. The Morgan fingerprint density at radius 3 is 1.48 bits per heavy atom. The maximum Gasteiger partial charge on any atom is 0.305 e. The Hall–Kier alpha value is -6.63. The number of unbranched alkanes of at least 4 members (excludes halogenated alkanes) is 3. The van der Waals surface area contributed by atoms with E-state index in [0.29, 0.717) is 25.8 Å². The summed E-state index contributed by atoms with van der Waals surface area (Å²) in [5, 5.41) is 43.8. The van der Waals surface area contributed by atoms with Crippen LogP contribution in [0.25, 0.3) is 32.7 Å². The number of esters is 2. The Morgan fingerprint density at radius 1 is 0.617 bits per heavy atom. The zero-order valence-corrected chi connectivity index (χ0v) is 34.8. The van der Waals surface area contributed by atoms with E-state index >= 15 is 0 Å². The minimum absolute atomic E-state index is 0.0797. The molecule has 0 bridgehead atoms. The molecule has 2 N–H and O–H groups in total. The number of nitro groups is 3. The lowest BCUT2D eigenvalue weighted by molar-refractivity contribution is -0.384. The minimum Gasteiger partial charge on any atom is -0.481 e. The second kappa shape index (κ2) is 25.0. The number of aromatic nitrogens is 3. The van der Waals surface area contributed by atoms with Crippen LogP contribution in [-0.2, 0) is 36.9 Å². The van der Waals surface area contributed by atoms with Gasteiger partial charge in [-0.05, 0) is 74.9 Å². The Morgan fingerprint density at radius 2 is 1.05 bits per heavy atom. The summed E-state index contributed by atoms with van der Waals surface area (Å²) in [5.74, 6) is -1.10. The van der Waals surface area contributed by atoms with Crippen LogP contribution >= 0.6 is 15.9 Å². The zero-order valence-electron chi connectivity index (χ0n) is 33.2. The number of aromatic amines is 1. The molecular formula is C41H47BrN6O12. The predicted octanol–water partition coefficient (Wildman–Crippen LogP) is 9.50. The standard InChI is InChI=1S/C14H16N2O4.C13H14N2O4.C8H6N2O2.C6H11BrO2/c1-20-14(17)4-2-3-8-15-9-7-11-10-12(16(18)19)5-6-13(11)15;16-13(17)3-1-2-7-14-8-6-10-9-11(15(18)19)4-5-12(10)14;11-10(12)7-1-2-8-6(5-7)3-4-9-8;1-9-6(8)4-2-3-5-7/h5-7,9-10H,2-4,8H2,1H3;4-6,8-9H,1-3,7H2,(H,16,17);1-5,9H;2-5H2,1H3. The average molecular weight is 896 g/mol. The van der Waals surface area contributed by atoms with Crippen LogP contribution in [0.5, 0.6) is 0 Å². The molecule has 3 aromatic heterocycles. The van der Waals surface area contributed by atoms with E-state index < -0.39 is 20.7 Å². The van der Waals surface area contributed by atoms with Crippen molar-refractivity contribution in [1.29, 1.82) is 0 Å². The van der Waals surface area contributed by atoms with Gasteiger partial charge >= 0.3 is 17.9 Å². The molecule has 3 heterocycles. The fraction of sp³-hybridized carbons (Fsp3) is 0.341. The largest absolute Gasteiger partial charge is 0.481 e. The lowest BCUT2D eigenvalue weighted by atomic mass is 10.2. The van der Waals surface area contributed by atoms with Crippen LogP contribution in [0.2, 0.25) is 0 Å². The third kappa shape index (κ3) is 15.6. The van der Waals surface area contributed by atoms with E-state index in [4.69, 9.17) is 5.11 Å². The first-order chi connectivity index (χ1) is 28.8. The Kier molecular flexibility index (Phi) is 19.9. The highest BCUT2D eigenvalue weighted by Crippen LogP contribution is 2.24. The van der Waals surface area contributed by atoms with Crippen molar-refractivity contribution in [2.75, 3.05) is 19.5 Å². The van der Waals surface area contributed by atoms with E-state index in [1.165, 1.54) is 32.4 Å². The topological polar surface area (TPSA) is 245 Å². The molecule has 0 saturated heterocycles. The van der Waals surface area contributed by atoms with Crippen molar-refractivity contribution >= 4 is 83.6 Å². The van der Waals surface area contributed by atoms with Crippen LogP contribution in [0.15, 0.2) is 91.4 Å². The smallest absolute Gasteiger partial charge is 0.305 e. The summed E-state index contributed by atoms with van der Waals surface area (Å²) in [4.78, 5) is 65.3. The average Bonchev–Trinajstić information content (AvgIpc) is 3.99. The molecule has 0 unspecified atom stereocenters. The number of non-ortho nitro benzene ring substituents is 3. The van der Waals surface area contributed by atoms with Gasteiger partial charge in [0.05, 0.1) is 29.0 Å². The van der Waals surface area contributed by atoms with Crippen molar-refractivity contribution in [3.63, 3.8) is 0 Å². The maximum atomic E-state index is 11.0. The number of hydrogen-bond donors (Lipinski definition) is 2. The highest BCUT2D eigenvalue weighted by molar-refractivity contribution is 9.09. The van der Waals surface area contributed by atoms with Gasteiger partial charge in [-0.2, -0.15) is 0 Å². The molecule has 6 aromatic rings. The van der Waals surface area contributed by atoms with Crippen molar-refractivity contribution < 1.29 is 43.7 Å². The number of ether oxygens (including phenoxy) is 2. The second-order valence-electron chi connectivity index (χ2n) is 13.1. The molecule has 0 fully saturated rings. The molecular weight excluding hydrogens is 848 g/mol. The maximum absolute atomic E-state index is 11.0. The molecule has 320 valence electrons. The number of carbonyl (C=O) groups excluding carboxylic acids is 2. The second-order valence-corrected chi connectivity index (χ2v) is 13.9. The van der Waals surface area contributed by atoms with Gasteiger partial charge in [-0.1, -0.05) is 15.9 Å². The Labute approximate surface area is 352 Å². The molecule has 3 aromatic carbocycles. The third-order valence-electron chi connectivity index (χ3n) is 8.97. The summed E-state index contributed by atoms with van der Waals surface area (Å²) in [6.07, 6.45) is 11.6. The molecule has 0 aliphatic carbocycles. The van der Waals surface area contributed by atoms with E-state index in [1.54, 1.807) is 42.6 Å². The highest BCUT2D eigenvalue weighted by Gasteiger charge is 2.11. The third-order valence-corrected chi connectivity index (χ3v) is 9.53. The first-order valence-corrected chi connectivity index (χ1v) is 20.0. The monoisotopic (exact) mass is 894 g/mol. The number of halogens is 1. The van der Waals surface area contributed by atoms with Crippen molar-refractivity contribution in [2.45, 2.75) is 70.9 Å². The minimum atomic E-state index is -0.784. The molecule has 60 heavy (non-hydrogen) atoms. The summed E-state index contributed by atoms with van der Waals surface area (Å²) >= 11 is 3.27. The van der Waals surface area contributed by atoms with Crippen LogP contribution in [0.3, 0.4) is 0 Å². The van der Waals surface area contributed by atoms with Gasteiger partial charge < -0.3 is 28.7 Å². The first-order valence-electron chi connectivity index (χ1n) is 18.9. The number of fused-ring (bicyclic) bond motifs is 3. The lowest BCUT2D eigenvalue weighted by Crippen LogP contribution is -2.01. The summed E-state index contributed by atoms with van der Waals surface area (Å²) in [6.45, 7) is 1.49. The number of methoxy groups -OCH3 is 2. The number of aliphatic carboxylic acids is 1. The molecule has 0 aliphatic heterocycles. The fourth-order valence-corrected chi connectivity index (χ4v) is 6.22. The number of carbonyl (C=O) groups is 3. The molecule has 0 amide bonds. The summed E-state index contributed by atoms with van der Waals surface area (Å²) < 4.78 is 13.1. The number of aryl methyl sites for hydroxylation is 2. The van der Waals surface area contributed by atoms with Gasteiger partial charge in [-0.25, -0.2) is 0 Å². The van der Waals surface area contributed by atoms with Gasteiger partial charge in [0.15, 0.2) is 0 Å². The number of carboxylic acid groups (broad SMARTS) is 1. The normalized spacial score (nSPS) is 10.4. The molecule has 0 aliphatic rings. The van der Waals surface area contributed by atoms with E-state index in [0.717, 1.165) is 76.7 Å². The van der Waals surface area contributed by atoms with Crippen LogP contribution in [-0.4, -0.2) is 71.5 Å². The number of rotatable bonds is 17. The lowest BCUT2D eigenvalue weighted by Gasteiger charge is -2.05. The molecule has 19 heteroatoms. The van der Waals surface area contributed by atoms with Gasteiger partial charge in [0.25, 0.3) is 17.1 Å². The van der Waals surface area contributed by atoms with Gasteiger partial charge in [-0.3, -0.25) is 44.7 Å². The number of nitro benzene ring substituents is 3. The van der Waals surface area contributed by atoms with Gasteiger partial charge in [0.1, 0.15) is 0 Å². The van der Waals surface area contributed by atoms with E-state index in [1.807, 2.05) is 39.7 Å². The fourth-order valence-electron chi connectivity index (χ4n) is 5.82. The molecule has 18 nitrogen and oxygen atoms in total. The van der Waals surface area contributed by atoms with Crippen LogP contribution in [0.4, 0.5) is 17.1 Å². The van der Waals surface area contributed by atoms with E-state index in [9.17, 15) is 44.7 Å². The zero-order chi connectivity index (χ0) is 44.0. The van der Waals surface area contributed by atoms with Crippen LogP contribution in [0.1, 0.15) is 57.8 Å². The quantitative estimate of drug-likeness (QED) is 0.0286. The molecule has 0 spiro atoms. The molecule has 0 radical (unpaired) electrons. The van der Waals surface area contributed by atoms with E-state index in [2.05, 4.69) is 30.4 Å². The van der Waals surface area contributed by atoms with Gasteiger partial charge in [0.2, 0.25) is 0 Å². The van der Waals surface area contributed by atoms with Gasteiger partial charge in [0, 0.05) is 125 Å². The Bertz CT molecular complexity index is 2370. The highest BCUT2D eigenvalue weighted by atomic mass is 79.9. The van der Waals surface area contributed by atoms with Crippen LogP contribution in [0, 0.1) is 30.3 Å². The number of hydrogen-bond acceptors (Lipinski definition) is 11. The molecule has 0 atom stereocenters.